The molecule has 1 N–H and O–H groups in total. The Hall–Kier alpha value is -3.54. The molecule has 0 aliphatic carbocycles. The number of nitrogens with one attached hydrogen (secondary N) is 1. The molecule has 0 saturated carbocycles. The lowest BCUT2D eigenvalue weighted by Gasteiger charge is -2.10. The van der Waals surface area contributed by atoms with Crippen LogP contribution in [-0.2, 0) is 12.7 Å². The quantitative estimate of drug-likeness (QED) is 0.412. The minimum Gasteiger partial charge on any atom is -0.436 e. The van der Waals surface area contributed by atoms with E-state index >= 15 is 0 Å². The first kappa shape index (κ1) is 18.8. The fourth-order valence-corrected chi connectivity index (χ4v) is 3.01. The predicted octanol–water partition coefficient (Wildman–Crippen LogP) is 6.64. The maximum absolute atomic E-state index is 13.0. The van der Waals surface area contributed by atoms with Gasteiger partial charge in [0.25, 0.3) is 0 Å². The van der Waals surface area contributed by atoms with Crippen molar-refractivity contribution >= 4 is 5.69 Å². The summed E-state index contributed by atoms with van der Waals surface area (Å²) in [6.07, 6.45) is -2.89. The highest BCUT2D eigenvalue weighted by atomic mass is 19.4. The number of rotatable bonds is 5. The zero-order chi connectivity index (χ0) is 20.3. The highest BCUT2D eigenvalue weighted by Gasteiger charge is 2.30. The number of aromatic nitrogens is 1. The Labute approximate surface area is 165 Å². The monoisotopic (exact) mass is 394 g/mol. The molecule has 4 rings (SSSR count). The van der Waals surface area contributed by atoms with Gasteiger partial charge in [0.15, 0.2) is 5.76 Å². The molecule has 146 valence electrons. The molecule has 0 fully saturated rings. The highest BCUT2D eigenvalue weighted by molar-refractivity contribution is 5.75. The van der Waals surface area contributed by atoms with Crippen molar-refractivity contribution in [3.63, 3.8) is 0 Å². The van der Waals surface area contributed by atoms with Gasteiger partial charge in [0, 0.05) is 23.4 Å². The molecular formula is C23H17F3N2O. The second-order valence-corrected chi connectivity index (χ2v) is 6.49. The summed E-state index contributed by atoms with van der Waals surface area (Å²) in [6, 6.07) is 22.5. The molecule has 0 spiro atoms. The Morgan fingerprint density at radius 3 is 2.41 bits per heavy atom. The van der Waals surface area contributed by atoms with Gasteiger partial charge in [0.05, 0.1) is 11.8 Å². The summed E-state index contributed by atoms with van der Waals surface area (Å²) < 4.78 is 44.7. The Morgan fingerprint density at radius 1 is 0.862 bits per heavy atom. The number of halogens is 3. The van der Waals surface area contributed by atoms with Crippen molar-refractivity contribution in [3.8, 4) is 22.8 Å². The highest BCUT2D eigenvalue weighted by Crippen LogP contribution is 2.34. The van der Waals surface area contributed by atoms with Crippen LogP contribution in [0, 0.1) is 0 Å². The van der Waals surface area contributed by atoms with Crippen molar-refractivity contribution in [2.75, 3.05) is 5.32 Å². The zero-order valence-corrected chi connectivity index (χ0v) is 15.3. The lowest BCUT2D eigenvalue weighted by atomic mass is 10.1. The third-order valence-corrected chi connectivity index (χ3v) is 4.46. The van der Waals surface area contributed by atoms with E-state index in [1.54, 1.807) is 6.07 Å². The first-order valence-corrected chi connectivity index (χ1v) is 9.01. The SMILES string of the molecule is FC(F)(F)c1cccc(-c2ncc(-c3ccccc3NCc3ccccc3)o2)c1. The molecular weight excluding hydrogens is 377 g/mol. The van der Waals surface area contributed by atoms with Gasteiger partial charge in [-0.05, 0) is 35.9 Å². The van der Waals surface area contributed by atoms with Gasteiger partial charge >= 0.3 is 6.18 Å². The topological polar surface area (TPSA) is 38.1 Å². The average Bonchev–Trinajstić information content (AvgIpc) is 3.23. The third-order valence-electron chi connectivity index (χ3n) is 4.46. The van der Waals surface area contributed by atoms with Gasteiger partial charge in [-0.2, -0.15) is 13.2 Å². The third kappa shape index (κ3) is 4.32. The minimum absolute atomic E-state index is 0.143. The summed E-state index contributed by atoms with van der Waals surface area (Å²) in [5.41, 5.74) is 2.31. The zero-order valence-electron chi connectivity index (χ0n) is 15.3. The van der Waals surface area contributed by atoms with Gasteiger partial charge < -0.3 is 9.73 Å². The summed E-state index contributed by atoms with van der Waals surface area (Å²) in [5, 5.41) is 3.37. The molecule has 29 heavy (non-hydrogen) atoms. The van der Waals surface area contributed by atoms with Crippen LogP contribution in [0.5, 0.6) is 0 Å². The number of hydrogen-bond acceptors (Lipinski definition) is 3. The molecule has 0 atom stereocenters. The molecule has 0 bridgehead atoms. The van der Waals surface area contributed by atoms with E-state index in [-0.39, 0.29) is 11.5 Å². The van der Waals surface area contributed by atoms with E-state index < -0.39 is 11.7 Å². The van der Waals surface area contributed by atoms with Crippen molar-refractivity contribution in [3.05, 3.63) is 96.2 Å². The second-order valence-electron chi connectivity index (χ2n) is 6.49. The van der Waals surface area contributed by atoms with Gasteiger partial charge in [-0.3, -0.25) is 0 Å². The van der Waals surface area contributed by atoms with Crippen LogP contribution in [0.1, 0.15) is 11.1 Å². The van der Waals surface area contributed by atoms with E-state index in [4.69, 9.17) is 4.42 Å². The van der Waals surface area contributed by atoms with Crippen LogP contribution < -0.4 is 5.32 Å². The molecule has 4 aromatic rings. The van der Waals surface area contributed by atoms with Gasteiger partial charge in [0.2, 0.25) is 5.89 Å². The Bertz CT molecular complexity index is 1100. The predicted molar refractivity (Wildman–Crippen MR) is 106 cm³/mol. The second kappa shape index (κ2) is 7.83. The molecule has 0 radical (unpaired) electrons. The van der Waals surface area contributed by atoms with E-state index in [2.05, 4.69) is 10.3 Å². The lowest BCUT2D eigenvalue weighted by molar-refractivity contribution is -0.137. The summed E-state index contributed by atoms with van der Waals surface area (Å²) in [4.78, 5) is 4.18. The van der Waals surface area contributed by atoms with E-state index in [1.165, 1.54) is 12.3 Å². The number of anilines is 1. The summed E-state index contributed by atoms with van der Waals surface area (Å²) in [7, 11) is 0. The molecule has 0 saturated heterocycles. The number of oxazole rings is 1. The number of para-hydroxylation sites is 1. The molecule has 0 unspecified atom stereocenters. The average molecular weight is 394 g/mol. The summed E-state index contributed by atoms with van der Waals surface area (Å²) in [6.45, 7) is 0.631. The van der Waals surface area contributed by atoms with Crippen LogP contribution in [-0.4, -0.2) is 4.98 Å². The largest absolute Gasteiger partial charge is 0.436 e. The van der Waals surface area contributed by atoms with E-state index in [9.17, 15) is 13.2 Å². The van der Waals surface area contributed by atoms with Crippen molar-refractivity contribution in [2.45, 2.75) is 12.7 Å². The maximum atomic E-state index is 13.0. The van der Waals surface area contributed by atoms with Crippen LogP contribution in [0.4, 0.5) is 18.9 Å². The minimum atomic E-state index is -4.42. The van der Waals surface area contributed by atoms with Crippen molar-refractivity contribution in [1.82, 2.24) is 4.98 Å². The standard InChI is InChI=1S/C23H17F3N2O/c24-23(25,26)18-10-6-9-17(13-18)22-28-15-21(29-22)19-11-4-5-12-20(19)27-14-16-7-2-1-3-8-16/h1-13,15,27H,14H2. The Morgan fingerprint density at radius 2 is 1.62 bits per heavy atom. The Kier molecular flexibility index (Phi) is 5.08. The van der Waals surface area contributed by atoms with E-state index in [0.29, 0.717) is 12.3 Å². The van der Waals surface area contributed by atoms with Crippen molar-refractivity contribution in [1.29, 1.82) is 0 Å². The fourth-order valence-electron chi connectivity index (χ4n) is 3.01. The molecule has 3 aromatic carbocycles. The number of hydrogen-bond donors (Lipinski definition) is 1. The van der Waals surface area contributed by atoms with Crippen LogP contribution in [0.2, 0.25) is 0 Å². The fraction of sp³-hybridized carbons (Fsp3) is 0.0870. The van der Waals surface area contributed by atoms with Crippen LogP contribution in [0.3, 0.4) is 0 Å². The van der Waals surface area contributed by atoms with Crippen LogP contribution in [0.15, 0.2) is 89.5 Å². The lowest BCUT2D eigenvalue weighted by Crippen LogP contribution is -2.04. The maximum Gasteiger partial charge on any atom is 0.416 e. The molecule has 6 heteroatoms. The van der Waals surface area contributed by atoms with Gasteiger partial charge in [0.1, 0.15) is 0 Å². The smallest absolute Gasteiger partial charge is 0.416 e. The van der Waals surface area contributed by atoms with E-state index in [1.807, 2.05) is 54.6 Å². The summed E-state index contributed by atoms with van der Waals surface area (Å²) in [5.74, 6) is 0.623. The molecule has 0 amide bonds. The molecule has 0 aliphatic rings. The molecule has 1 heterocycles. The van der Waals surface area contributed by atoms with Gasteiger partial charge in [-0.25, -0.2) is 4.98 Å². The Balaban J connectivity index is 1.60. The number of nitrogens with zero attached hydrogens (tertiary/aromatic N) is 1. The van der Waals surface area contributed by atoms with Crippen LogP contribution in [0.25, 0.3) is 22.8 Å². The van der Waals surface area contributed by atoms with Crippen LogP contribution >= 0.6 is 0 Å². The van der Waals surface area contributed by atoms with E-state index in [0.717, 1.165) is 28.9 Å². The number of benzene rings is 3. The van der Waals surface area contributed by atoms with Gasteiger partial charge in [-0.1, -0.05) is 48.5 Å². The molecule has 1 aromatic heterocycles. The first-order chi connectivity index (χ1) is 14.0. The number of alkyl halides is 3. The summed E-state index contributed by atoms with van der Waals surface area (Å²) >= 11 is 0. The molecule has 0 aliphatic heterocycles. The normalized spacial score (nSPS) is 11.4. The first-order valence-electron chi connectivity index (χ1n) is 9.01. The molecule has 3 nitrogen and oxygen atoms in total. The van der Waals surface area contributed by atoms with Gasteiger partial charge in [-0.15, -0.1) is 0 Å². The van der Waals surface area contributed by atoms with Crippen molar-refractivity contribution < 1.29 is 17.6 Å². The van der Waals surface area contributed by atoms with Crippen molar-refractivity contribution in [2.24, 2.45) is 0 Å².